The van der Waals surface area contributed by atoms with Crippen molar-refractivity contribution in [1.82, 2.24) is 9.21 Å². The molecule has 1 atom stereocenters. The summed E-state index contributed by atoms with van der Waals surface area (Å²) in [6, 6.07) is 21.2. The van der Waals surface area contributed by atoms with Crippen molar-refractivity contribution in [1.29, 1.82) is 0 Å². The van der Waals surface area contributed by atoms with Crippen molar-refractivity contribution in [3.05, 3.63) is 90.0 Å². The van der Waals surface area contributed by atoms with E-state index in [1.165, 1.54) is 23.5 Å². The number of sulfonamides is 1. The third kappa shape index (κ3) is 6.05. The van der Waals surface area contributed by atoms with E-state index in [4.69, 9.17) is 9.16 Å². The highest BCUT2D eigenvalue weighted by atomic mass is 32.2. The Morgan fingerprint density at radius 3 is 1.85 bits per heavy atom. The molecule has 0 saturated heterocycles. The zero-order valence-electron chi connectivity index (χ0n) is 23.7. The quantitative estimate of drug-likeness (QED) is 0.223. The summed E-state index contributed by atoms with van der Waals surface area (Å²) in [7, 11) is -4.83. The van der Waals surface area contributed by atoms with E-state index in [0.29, 0.717) is 22.6 Å². The zero-order chi connectivity index (χ0) is 29.3. The zero-order valence-corrected chi connectivity index (χ0v) is 25.6. The second-order valence-electron chi connectivity index (χ2n) is 11.4. The van der Waals surface area contributed by atoms with E-state index in [1.54, 1.807) is 36.4 Å². The molecule has 0 fully saturated rings. The van der Waals surface area contributed by atoms with Gasteiger partial charge >= 0.3 is 0 Å². The van der Waals surface area contributed by atoms with Crippen molar-refractivity contribution in [2.24, 2.45) is 0 Å². The first-order valence-corrected chi connectivity index (χ1v) is 17.5. The third-order valence-electron chi connectivity index (χ3n) is 7.71. The van der Waals surface area contributed by atoms with Crippen molar-refractivity contribution in [3.8, 4) is 11.5 Å². The summed E-state index contributed by atoms with van der Waals surface area (Å²) in [5, 5.41) is -0.112. The van der Waals surface area contributed by atoms with E-state index in [2.05, 4.69) is 33.9 Å². The Morgan fingerprint density at radius 2 is 1.32 bits per heavy atom. The minimum absolute atomic E-state index is 0.0365. The largest absolute Gasteiger partial charge is 0.457 e. The molecule has 4 rings (SSSR count). The topological polar surface area (TPSA) is 93.2 Å². The van der Waals surface area contributed by atoms with E-state index < -0.39 is 36.2 Å². The smallest absolute Gasteiger partial charge is 0.261 e. The van der Waals surface area contributed by atoms with Crippen LogP contribution in [0.15, 0.2) is 83.8 Å². The third-order valence-corrected chi connectivity index (χ3v) is 14.1. The Balaban J connectivity index is 1.60. The Morgan fingerprint density at radius 1 is 0.825 bits per heavy atom. The molecule has 1 aliphatic heterocycles. The molecule has 0 spiro atoms. The molecular formula is C30H36N2O6SSi. The van der Waals surface area contributed by atoms with Gasteiger partial charge in [0.05, 0.1) is 28.7 Å². The Bertz CT molecular complexity index is 1450. The summed E-state index contributed by atoms with van der Waals surface area (Å²) in [4.78, 5) is 27.4. The van der Waals surface area contributed by atoms with Gasteiger partial charge in [0.2, 0.25) is 10.0 Å². The number of rotatable bonds is 10. The number of amides is 2. The molecule has 2 amide bonds. The molecule has 10 heteroatoms. The fourth-order valence-corrected chi connectivity index (χ4v) is 6.45. The minimum Gasteiger partial charge on any atom is -0.457 e. The van der Waals surface area contributed by atoms with Gasteiger partial charge in [-0.2, -0.15) is 4.31 Å². The van der Waals surface area contributed by atoms with Crippen LogP contribution in [0.5, 0.6) is 11.5 Å². The van der Waals surface area contributed by atoms with Crippen molar-refractivity contribution < 1.29 is 27.2 Å². The van der Waals surface area contributed by atoms with E-state index in [0.717, 1.165) is 4.90 Å². The van der Waals surface area contributed by atoms with Crippen molar-refractivity contribution in [2.75, 3.05) is 20.2 Å². The number of likely N-dealkylation sites (N-methyl/N-ethyl adjacent to an activating group) is 1. The number of hydrogen-bond donors (Lipinski definition) is 0. The molecule has 0 saturated carbocycles. The predicted octanol–water partition coefficient (Wildman–Crippen LogP) is 5.79. The van der Waals surface area contributed by atoms with E-state index in [-0.39, 0.29) is 23.1 Å². The van der Waals surface area contributed by atoms with Crippen molar-refractivity contribution >= 4 is 30.2 Å². The van der Waals surface area contributed by atoms with Gasteiger partial charge < -0.3 is 9.16 Å². The molecule has 0 bridgehead atoms. The Kier molecular flexibility index (Phi) is 8.37. The fourth-order valence-electron chi connectivity index (χ4n) is 4.08. The second kappa shape index (κ2) is 11.3. The molecule has 1 heterocycles. The van der Waals surface area contributed by atoms with Crippen LogP contribution in [0.25, 0.3) is 0 Å². The average molecular weight is 581 g/mol. The molecule has 0 aliphatic carbocycles. The lowest BCUT2D eigenvalue weighted by Gasteiger charge is -2.39. The van der Waals surface area contributed by atoms with Crippen LogP contribution >= 0.6 is 0 Å². The molecule has 0 radical (unpaired) electrons. The molecule has 0 N–H and O–H groups in total. The molecule has 3 aromatic carbocycles. The molecule has 1 aliphatic rings. The van der Waals surface area contributed by atoms with Crippen LogP contribution in [0.2, 0.25) is 18.1 Å². The maximum atomic E-state index is 13.8. The van der Waals surface area contributed by atoms with Crippen LogP contribution in [0.4, 0.5) is 0 Å². The Labute approximate surface area is 237 Å². The summed E-state index contributed by atoms with van der Waals surface area (Å²) in [5.74, 6) is 0.257. The SMILES string of the molecule is CN(C(CO[Si](C)(C)C(C)(C)C)CN1C(=O)c2ccccc2C1=O)S(=O)(=O)c1ccc(Oc2ccccc2)cc1. The van der Waals surface area contributed by atoms with Gasteiger partial charge in [0.25, 0.3) is 11.8 Å². The van der Waals surface area contributed by atoms with Crippen molar-refractivity contribution in [3.63, 3.8) is 0 Å². The highest BCUT2D eigenvalue weighted by Crippen LogP contribution is 2.37. The molecule has 8 nitrogen and oxygen atoms in total. The fraction of sp³-hybridized carbons (Fsp3) is 0.333. The highest BCUT2D eigenvalue weighted by molar-refractivity contribution is 7.89. The lowest BCUT2D eigenvalue weighted by molar-refractivity contribution is 0.0603. The maximum absolute atomic E-state index is 13.8. The van der Waals surface area contributed by atoms with Crippen LogP contribution in [0.3, 0.4) is 0 Å². The molecule has 1 unspecified atom stereocenters. The van der Waals surface area contributed by atoms with Crippen LogP contribution in [-0.2, 0) is 14.4 Å². The van der Waals surface area contributed by atoms with Gasteiger partial charge in [-0.25, -0.2) is 8.42 Å². The van der Waals surface area contributed by atoms with E-state index in [9.17, 15) is 18.0 Å². The number of imide groups is 1. The maximum Gasteiger partial charge on any atom is 0.261 e. The first-order chi connectivity index (χ1) is 18.7. The van der Waals surface area contributed by atoms with E-state index >= 15 is 0 Å². The number of para-hydroxylation sites is 1. The van der Waals surface area contributed by atoms with Gasteiger partial charge in [-0.05, 0) is 66.7 Å². The number of hydrogen-bond acceptors (Lipinski definition) is 6. The highest BCUT2D eigenvalue weighted by Gasteiger charge is 2.42. The lowest BCUT2D eigenvalue weighted by atomic mass is 10.1. The average Bonchev–Trinajstić information content (AvgIpc) is 3.15. The van der Waals surface area contributed by atoms with E-state index in [1.807, 2.05) is 30.3 Å². The molecule has 3 aromatic rings. The molecule has 40 heavy (non-hydrogen) atoms. The lowest BCUT2D eigenvalue weighted by Crippen LogP contribution is -2.51. The predicted molar refractivity (Wildman–Crippen MR) is 157 cm³/mol. The summed E-state index contributed by atoms with van der Waals surface area (Å²) < 4.78 is 41.0. The summed E-state index contributed by atoms with van der Waals surface area (Å²) in [5.41, 5.74) is 0.632. The first kappa shape index (κ1) is 29.7. The number of carbonyl (C=O) groups is 2. The summed E-state index contributed by atoms with van der Waals surface area (Å²) in [6.07, 6.45) is 0. The molecule has 212 valence electrons. The molecule has 0 aromatic heterocycles. The number of ether oxygens (including phenoxy) is 1. The number of carbonyl (C=O) groups excluding carboxylic acids is 2. The first-order valence-electron chi connectivity index (χ1n) is 13.1. The van der Waals surface area contributed by atoms with Crippen LogP contribution < -0.4 is 4.74 Å². The van der Waals surface area contributed by atoms with Crippen LogP contribution in [-0.4, -0.2) is 64.0 Å². The van der Waals surface area contributed by atoms with Gasteiger partial charge in [0, 0.05) is 13.6 Å². The second-order valence-corrected chi connectivity index (χ2v) is 18.2. The van der Waals surface area contributed by atoms with Gasteiger partial charge in [0.15, 0.2) is 8.32 Å². The Hall–Kier alpha value is -3.31. The molecular weight excluding hydrogens is 544 g/mol. The van der Waals surface area contributed by atoms with Crippen LogP contribution in [0, 0.1) is 0 Å². The number of nitrogens with zero attached hydrogens (tertiary/aromatic N) is 2. The monoisotopic (exact) mass is 580 g/mol. The summed E-state index contributed by atoms with van der Waals surface area (Å²) >= 11 is 0. The summed E-state index contributed by atoms with van der Waals surface area (Å²) in [6.45, 7) is 10.3. The standard InChI is InChI=1S/C30H36N2O6SSi/c1-30(2,3)40(5,6)37-21-22(20-32-28(33)26-14-10-11-15-27(26)29(32)34)31(4)39(35,36)25-18-16-24(17-19-25)38-23-12-8-7-9-13-23/h7-19,22H,20-21H2,1-6H3. The normalized spacial score (nSPS) is 14.9. The van der Waals surface area contributed by atoms with Gasteiger partial charge in [-0.3, -0.25) is 14.5 Å². The number of benzene rings is 3. The van der Waals surface area contributed by atoms with Gasteiger partial charge in [0.1, 0.15) is 11.5 Å². The number of fused-ring (bicyclic) bond motifs is 1. The minimum atomic E-state index is -4.01. The van der Waals surface area contributed by atoms with Crippen molar-refractivity contribution in [2.45, 2.75) is 49.8 Å². The van der Waals surface area contributed by atoms with Crippen LogP contribution in [0.1, 0.15) is 41.5 Å². The van der Waals surface area contributed by atoms with Gasteiger partial charge in [-0.1, -0.05) is 51.1 Å². The van der Waals surface area contributed by atoms with Gasteiger partial charge in [-0.15, -0.1) is 0 Å².